The van der Waals surface area contributed by atoms with E-state index in [1.807, 2.05) is 54.2 Å². The van der Waals surface area contributed by atoms with Crippen LogP contribution in [0.2, 0.25) is 0 Å². The minimum Gasteiger partial charge on any atom is -0.372 e. The van der Waals surface area contributed by atoms with E-state index in [0.29, 0.717) is 0 Å². The maximum atomic E-state index is 12.7. The fraction of sp³-hybridized carbons (Fsp3) is 0.304. The van der Waals surface area contributed by atoms with E-state index in [1.54, 1.807) is 0 Å². The summed E-state index contributed by atoms with van der Waals surface area (Å²) in [6.45, 7) is 4.18. The number of carbonyl (C=O) groups excluding carboxylic acids is 1. The predicted molar refractivity (Wildman–Crippen MR) is 110 cm³/mol. The molecule has 0 aliphatic carbocycles. The van der Waals surface area contributed by atoms with Gasteiger partial charge in [-0.1, -0.05) is 18.2 Å². The van der Waals surface area contributed by atoms with E-state index in [-0.39, 0.29) is 11.9 Å². The summed E-state index contributed by atoms with van der Waals surface area (Å²) in [6, 6.07) is 18.2. The van der Waals surface area contributed by atoms with Crippen LogP contribution in [0, 0.1) is 0 Å². The van der Waals surface area contributed by atoms with Gasteiger partial charge in [0, 0.05) is 42.8 Å². The van der Waals surface area contributed by atoms with Crippen molar-refractivity contribution in [3.05, 3.63) is 67.0 Å². The number of hydrogen-bond acceptors (Lipinski definition) is 2. The van der Waals surface area contributed by atoms with Gasteiger partial charge in [-0.2, -0.15) is 4.57 Å². The average Bonchev–Trinajstić information content (AvgIpc) is 2.74. The summed E-state index contributed by atoms with van der Waals surface area (Å²) in [4.78, 5) is 15.1. The minimum absolute atomic E-state index is 0.0130. The number of anilines is 2. The van der Waals surface area contributed by atoms with E-state index >= 15 is 0 Å². The topological polar surface area (TPSA) is 36.2 Å². The van der Waals surface area contributed by atoms with Gasteiger partial charge in [0.2, 0.25) is 6.04 Å². The van der Waals surface area contributed by atoms with Crippen molar-refractivity contribution >= 4 is 28.1 Å². The molecule has 3 aromatic rings. The summed E-state index contributed by atoms with van der Waals surface area (Å²) >= 11 is 0. The first kappa shape index (κ1) is 17.5. The van der Waals surface area contributed by atoms with Crippen LogP contribution in [-0.4, -0.2) is 19.0 Å². The summed E-state index contributed by atoms with van der Waals surface area (Å²) < 4.78 is 1.96. The van der Waals surface area contributed by atoms with E-state index in [2.05, 4.69) is 34.5 Å². The SMILES string of the molecule is C[C@H](C(=O)Nc1ccc(N2CCCCC2)cc1)[n+]1ccc2ccccc2c1. The molecule has 1 saturated heterocycles. The molecule has 1 aliphatic heterocycles. The highest BCUT2D eigenvalue weighted by molar-refractivity contribution is 5.92. The number of amides is 1. The van der Waals surface area contributed by atoms with Crippen LogP contribution in [0.1, 0.15) is 32.2 Å². The third kappa shape index (κ3) is 3.95. The molecule has 0 unspecified atom stereocenters. The zero-order valence-electron chi connectivity index (χ0n) is 15.8. The Morgan fingerprint density at radius 1 is 0.963 bits per heavy atom. The van der Waals surface area contributed by atoms with Gasteiger partial charge < -0.3 is 10.2 Å². The van der Waals surface area contributed by atoms with Gasteiger partial charge in [-0.25, -0.2) is 0 Å². The summed E-state index contributed by atoms with van der Waals surface area (Å²) in [7, 11) is 0. The van der Waals surface area contributed by atoms with E-state index in [1.165, 1.54) is 30.3 Å². The van der Waals surface area contributed by atoms with Crippen LogP contribution in [0.15, 0.2) is 67.0 Å². The second-order valence-electron chi connectivity index (χ2n) is 7.28. The lowest BCUT2D eigenvalue weighted by atomic mass is 10.1. The highest BCUT2D eigenvalue weighted by Gasteiger charge is 2.22. The fourth-order valence-electron chi connectivity index (χ4n) is 3.68. The Morgan fingerprint density at radius 3 is 2.41 bits per heavy atom. The Hall–Kier alpha value is -2.88. The number of rotatable bonds is 4. The van der Waals surface area contributed by atoms with Crippen LogP contribution in [0.25, 0.3) is 10.8 Å². The van der Waals surface area contributed by atoms with Crippen molar-refractivity contribution in [3.8, 4) is 0 Å². The van der Waals surface area contributed by atoms with Crippen molar-refractivity contribution < 1.29 is 9.36 Å². The molecule has 1 N–H and O–H groups in total. The molecule has 1 fully saturated rings. The zero-order chi connectivity index (χ0) is 18.6. The Balaban J connectivity index is 1.44. The van der Waals surface area contributed by atoms with Crippen molar-refractivity contribution in [2.75, 3.05) is 23.3 Å². The van der Waals surface area contributed by atoms with E-state index in [4.69, 9.17) is 0 Å². The number of fused-ring (bicyclic) bond motifs is 1. The number of carbonyl (C=O) groups is 1. The van der Waals surface area contributed by atoms with Gasteiger partial charge in [-0.05, 0) is 55.0 Å². The van der Waals surface area contributed by atoms with Crippen LogP contribution in [-0.2, 0) is 4.79 Å². The maximum Gasteiger partial charge on any atom is 0.293 e. The zero-order valence-corrected chi connectivity index (χ0v) is 15.8. The maximum absolute atomic E-state index is 12.7. The first-order chi connectivity index (χ1) is 13.2. The van der Waals surface area contributed by atoms with Crippen LogP contribution >= 0.6 is 0 Å². The Morgan fingerprint density at radius 2 is 1.67 bits per heavy atom. The molecular weight excluding hydrogens is 334 g/mol. The summed E-state index contributed by atoms with van der Waals surface area (Å²) in [5.41, 5.74) is 2.08. The smallest absolute Gasteiger partial charge is 0.293 e. The van der Waals surface area contributed by atoms with E-state index < -0.39 is 0 Å². The lowest BCUT2D eigenvalue weighted by molar-refractivity contribution is -0.704. The molecule has 2 heterocycles. The molecule has 1 aromatic heterocycles. The molecule has 138 valence electrons. The first-order valence-corrected chi connectivity index (χ1v) is 9.76. The van der Waals surface area contributed by atoms with Gasteiger partial charge in [-0.3, -0.25) is 4.79 Å². The average molecular weight is 360 g/mol. The predicted octanol–water partition coefficient (Wildman–Crippen LogP) is 4.32. The lowest BCUT2D eigenvalue weighted by Gasteiger charge is -2.28. The lowest BCUT2D eigenvalue weighted by Crippen LogP contribution is -2.44. The molecule has 1 aliphatic rings. The van der Waals surface area contributed by atoms with Crippen LogP contribution in [0.5, 0.6) is 0 Å². The van der Waals surface area contributed by atoms with Crippen molar-refractivity contribution in [2.24, 2.45) is 0 Å². The first-order valence-electron chi connectivity index (χ1n) is 9.76. The Labute approximate surface area is 160 Å². The van der Waals surface area contributed by atoms with Crippen molar-refractivity contribution in [1.82, 2.24) is 0 Å². The second-order valence-corrected chi connectivity index (χ2v) is 7.28. The molecule has 2 aromatic carbocycles. The van der Waals surface area contributed by atoms with Gasteiger partial charge in [0.05, 0.1) is 0 Å². The number of pyridine rings is 1. The molecule has 0 bridgehead atoms. The summed E-state index contributed by atoms with van der Waals surface area (Å²) in [6.07, 6.45) is 7.85. The number of benzene rings is 2. The monoisotopic (exact) mass is 360 g/mol. The largest absolute Gasteiger partial charge is 0.372 e. The summed E-state index contributed by atoms with van der Waals surface area (Å²) in [5.74, 6) is -0.0130. The molecule has 4 heteroatoms. The Kier molecular flexibility index (Phi) is 5.05. The fourth-order valence-corrected chi connectivity index (χ4v) is 3.68. The number of nitrogens with zero attached hydrogens (tertiary/aromatic N) is 2. The number of nitrogens with one attached hydrogen (secondary N) is 1. The van der Waals surface area contributed by atoms with Crippen LogP contribution in [0.4, 0.5) is 11.4 Å². The van der Waals surface area contributed by atoms with E-state index in [9.17, 15) is 4.79 Å². The number of hydrogen-bond donors (Lipinski definition) is 1. The summed E-state index contributed by atoms with van der Waals surface area (Å²) in [5, 5.41) is 5.35. The van der Waals surface area contributed by atoms with Crippen molar-refractivity contribution in [3.63, 3.8) is 0 Å². The van der Waals surface area contributed by atoms with Gasteiger partial charge in [0.15, 0.2) is 12.4 Å². The van der Waals surface area contributed by atoms with Gasteiger partial charge in [-0.15, -0.1) is 0 Å². The normalized spacial score (nSPS) is 15.5. The highest BCUT2D eigenvalue weighted by Crippen LogP contribution is 2.22. The second kappa shape index (κ2) is 7.78. The molecule has 1 amide bonds. The molecule has 27 heavy (non-hydrogen) atoms. The number of aromatic nitrogens is 1. The van der Waals surface area contributed by atoms with Crippen molar-refractivity contribution in [2.45, 2.75) is 32.2 Å². The standard InChI is InChI=1S/C23H25N3O/c1-18(26-16-13-19-7-3-4-8-20(19)17-26)23(27)24-21-9-11-22(12-10-21)25-14-5-2-6-15-25/h3-4,7-13,16-18H,2,5-6,14-15H2,1H3/p+1/t18-/m1/s1. The van der Waals surface area contributed by atoms with Crippen LogP contribution < -0.4 is 14.8 Å². The Bertz CT molecular complexity index is 930. The third-order valence-electron chi connectivity index (χ3n) is 5.39. The number of piperidine rings is 1. The van der Waals surface area contributed by atoms with Crippen molar-refractivity contribution in [1.29, 1.82) is 0 Å². The molecule has 1 atom stereocenters. The molecule has 4 nitrogen and oxygen atoms in total. The molecule has 0 saturated carbocycles. The molecule has 0 spiro atoms. The highest BCUT2D eigenvalue weighted by atomic mass is 16.2. The van der Waals surface area contributed by atoms with E-state index in [0.717, 1.165) is 24.2 Å². The molecule has 0 radical (unpaired) electrons. The van der Waals surface area contributed by atoms with Gasteiger partial charge in [0.1, 0.15) is 0 Å². The molecule has 4 rings (SSSR count). The molecular formula is C23H26N3O+. The van der Waals surface area contributed by atoms with Gasteiger partial charge in [0.25, 0.3) is 5.91 Å². The van der Waals surface area contributed by atoms with Gasteiger partial charge >= 0.3 is 0 Å². The quantitative estimate of drug-likeness (QED) is 0.704. The third-order valence-corrected chi connectivity index (χ3v) is 5.39. The minimum atomic E-state index is -0.281. The van der Waals surface area contributed by atoms with Crippen LogP contribution in [0.3, 0.4) is 0 Å².